The van der Waals surface area contributed by atoms with Gasteiger partial charge in [0.2, 0.25) is 0 Å². The highest BCUT2D eigenvalue weighted by molar-refractivity contribution is 14.0. The molecule has 0 amide bonds. The van der Waals surface area contributed by atoms with Crippen LogP contribution in [0, 0.1) is 12.8 Å². The average Bonchev–Trinajstić information content (AvgIpc) is 2.75. The first-order chi connectivity index (χ1) is 10.1. The van der Waals surface area contributed by atoms with Crippen LogP contribution in [0.3, 0.4) is 0 Å². The fourth-order valence-corrected chi connectivity index (χ4v) is 2.27. The molecule has 0 aliphatic heterocycles. The minimum atomic E-state index is 0. The fourth-order valence-electron chi connectivity index (χ4n) is 2.27. The normalized spacial score (nSPS) is 11.7. The standard InChI is InChI=1S/C16H25N5.HI/c1-12(2)8-9-18-16(17)19-10-11-21-13(3)20-14-6-4-5-7-15(14)21;/h4-7,12H,8-11H2,1-3H3,(H3,17,18,19);1H. The molecule has 3 N–H and O–H groups in total. The van der Waals surface area contributed by atoms with E-state index in [0.29, 0.717) is 11.9 Å². The van der Waals surface area contributed by atoms with Gasteiger partial charge >= 0.3 is 0 Å². The van der Waals surface area contributed by atoms with E-state index in [1.54, 1.807) is 0 Å². The lowest BCUT2D eigenvalue weighted by Crippen LogP contribution is -2.34. The van der Waals surface area contributed by atoms with E-state index < -0.39 is 0 Å². The lowest BCUT2D eigenvalue weighted by atomic mass is 10.1. The van der Waals surface area contributed by atoms with Gasteiger partial charge in [0.05, 0.1) is 11.0 Å². The number of imidazole rings is 1. The van der Waals surface area contributed by atoms with Gasteiger partial charge in [-0.1, -0.05) is 26.0 Å². The molecule has 0 fully saturated rings. The molecule has 0 saturated heterocycles. The van der Waals surface area contributed by atoms with Gasteiger partial charge in [-0.15, -0.1) is 24.0 Å². The number of para-hydroxylation sites is 2. The maximum Gasteiger partial charge on any atom is 0.188 e. The van der Waals surface area contributed by atoms with Crippen molar-refractivity contribution in [3.63, 3.8) is 0 Å². The van der Waals surface area contributed by atoms with Crippen LogP contribution in [0.4, 0.5) is 0 Å². The number of hydrogen-bond donors (Lipinski definition) is 2. The molecule has 0 atom stereocenters. The molecule has 122 valence electrons. The Morgan fingerprint density at radius 2 is 2.09 bits per heavy atom. The minimum Gasteiger partial charge on any atom is -0.370 e. The number of nitrogens with two attached hydrogens (primary N) is 1. The van der Waals surface area contributed by atoms with Crippen LogP contribution in [-0.2, 0) is 6.54 Å². The number of nitrogens with one attached hydrogen (secondary N) is 1. The van der Waals surface area contributed by atoms with Crippen molar-refractivity contribution in [2.24, 2.45) is 16.6 Å². The van der Waals surface area contributed by atoms with E-state index >= 15 is 0 Å². The Bertz CT molecular complexity index is 618. The molecule has 22 heavy (non-hydrogen) atoms. The molecule has 0 spiro atoms. The highest BCUT2D eigenvalue weighted by atomic mass is 127. The summed E-state index contributed by atoms with van der Waals surface area (Å²) in [7, 11) is 0. The van der Waals surface area contributed by atoms with Crippen LogP contribution in [0.5, 0.6) is 0 Å². The molecule has 2 rings (SSSR count). The van der Waals surface area contributed by atoms with E-state index in [1.807, 2.05) is 25.1 Å². The number of nitrogens with zero attached hydrogens (tertiary/aromatic N) is 3. The lowest BCUT2D eigenvalue weighted by molar-refractivity contribution is 0.594. The molecule has 0 saturated carbocycles. The van der Waals surface area contributed by atoms with E-state index in [2.05, 4.69) is 39.8 Å². The van der Waals surface area contributed by atoms with Gasteiger partial charge in [-0.2, -0.15) is 0 Å². The molecule has 1 heterocycles. The van der Waals surface area contributed by atoms with Crippen molar-refractivity contribution in [1.82, 2.24) is 14.9 Å². The van der Waals surface area contributed by atoms with Crippen LogP contribution in [0.25, 0.3) is 11.0 Å². The molecule has 2 aromatic rings. The first-order valence-electron chi connectivity index (χ1n) is 7.53. The van der Waals surface area contributed by atoms with Gasteiger partial charge in [-0.05, 0) is 31.4 Å². The molecule has 6 heteroatoms. The molecular weight excluding hydrogens is 389 g/mol. The van der Waals surface area contributed by atoms with Crippen LogP contribution >= 0.6 is 24.0 Å². The number of hydrogen-bond acceptors (Lipinski definition) is 2. The number of rotatable bonds is 6. The Kier molecular flexibility index (Phi) is 7.64. The maximum absolute atomic E-state index is 5.86. The smallest absolute Gasteiger partial charge is 0.188 e. The largest absolute Gasteiger partial charge is 0.370 e. The molecule has 0 unspecified atom stereocenters. The summed E-state index contributed by atoms with van der Waals surface area (Å²) in [4.78, 5) is 8.88. The van der Waals surface area contributed by atoms with Gasteiger partial charge in [0.25, 0.3) is 0 Å². The lowest BCUT2D eigenvalue weighted by Gasteiger charge is -2.09. The Hall–Kier alpha value is -1.31. The SMILES string of the molecule is Cc1nc2ccccc2n1CCNC(N)=NCCC(C)C.I. The van der Waals surface area contributed by atoms with Gasteiger partial charge in [-0.25, -0.2) is 4.98 Å². The maximum atomic E-state index is 5.86. The van der Waals surface area contributed by atoms with Gasteiger partial charge < -0.3 is 15.6 Å². The first-order valence-corrected chi connectivity index (χ1v) is 7.53. The Morgan fingerprint density at radius 3 is 2.82 bits per heavy atom. The van der Waals surface area contributed by atoms with Crippen molar-refractivity contribution in [3.8, 4) is 0 Å². The third-order valence-corrected chi connectivity index (χ3v) is 3.48. The summed E-state index contributed by atoms with van der Waals surface area (Å²) in [5.41, 5.74) is 8.06. The number of aromatic nitrogens is 2. The third kappa shape index (κ3) is 5.15. The molecule has 0 aliphatic carbocycles. The summed E-state index contributed by atoms with van der Waals surface area (Å²) < 4.78 is 2.20. The highest BCUT2D eigenvalue weighted by Gasteiger charge is 2.05. The number of aliphatic imine (C=N–C) groups is 1. The molecule has 0 aliphatic rings. The van der Waals surface area contributed by atoms with E-state index in [1.165, 1.54) is 0 Å². The van der Waals surface area contributed by atoms with Gasteiger partial charge in [0.15, 0.2) is 5.96 Å². The van der Waals surface area contributed by atoms with E-state index in [-0.39, 0.29) is 24.0 Å². The van der Waals surface area contributed by atoms with Gasteiger partial charge in [0, 0.05) is 19.6 Å². The van der Waals surface area contributed by atoms with Crippen LogP contribution in [0.15, 0.2) is 29.3 Å². The summed E-state index contributed by atoms with van der Waals surface area (Å²) in [6.45, 7) is 8.76. The van der Waals surface area contributed by atoms with E-state index in [9.17, 15) is 0 Å². The number of halogens is 1. The summed E-state index contributed by atoms with van der Waals surface area (Å²) in [5, 5.41) is 3.17. The molecule has 0 bridgehead atoms. The Labute approximate surface area is 149 Å². The fraction of sp³-hybridized carbons (Fsp3) is 0.500. The predicted molar refractivity (Wildman–Crippen MR) is 104 cm³/mol. The van der Waals surface area contributed by atoms with Crippen molar-refractivity contribution in [1.29, 1.82) is 0 Å². The molecule has 0 radical (unpaired) electrons. The van der Waals surface area contributed by atoms with Crippen LogP contribution in [0.2, 0.25) is 0 Å². The second-order valence-corrected chi connectivity index (χ2v) is 5.68. The topological polar surface area (TPSA) is 68.2 Å². The molecule has 1 aromatic heterocycles. The first kappa shape index (κ1) is 18.7. The molecular formula is C16H26IN5. The highest BCUT2D eigenvalue weighted by Crippen LogP contribution is 2.14. The van der Waals surface area contributed by atoms with E-state index in [0.717, 1.165) is 42.9 Å². The minimum absolute atomic E-state index is 0. The summed E-state index contributed by atoms with van der Waals surface area (Å²) in [6.07, 6.45) is 1.06. The zero-order valence-electron chi connectivity index (χ0n) is 13.5. The monoisotopic (exact) mass is 415 g/mol. The number of fused-ring (bicyclic) bond motifs is 1. The second-order valence-electron chi connectivity index (χ2n) is 5.68. The summed E-state index contributed by atoms with van der Waals surface area (Å²) >= 11 is 0. The zero-order valence-corrected chi connectivity index (χ0v) is 15.9. The second kappa shape index (κ2) is 8.97. The third-order valence-electron chi connectivity index (χ3n) is 3.48. The Morgan fingerprint density at radius 1 is 1.36 bits per heavy atom. The van der Waals surface area contributed by atoms with Crippen molar-refractivity contribution >= 4 is 41.0 Å². The molecule has 1 aromatic carbocycles. The summed E-state index contributed by atoms with van der Waals surface area (Å²) in [5.74, 6) is 2.20. The van der Waals surface area contributed by atoms with Crippen LogP contribution < -0.4 is 11.1 Å². The van der Waals surface area contributed by atoms with Crippen molar-refractivity contribution in [2.75, 3.05) is 13.1 Å². The predicted octanol–water partition coefficient (Wildman–Crippen LogP) is 2.91. The van der Waals surface area contributed by atoms with Gasteiger partial charge in [-0.3, -0.25) is 4.99 Å². The number of aryl methyl sites for hydroxylation is 1. The Balaban J connectivity index is 0.00000242. The van der Waals surface area contributed by atoms with Crippen molar-refractivity contribution in [2.45, 2.75) is 33.7 Å². The van der Waals surface area contributed by atoms with Crippen molar-refractivity contribution in [3.05, 3.63) is 30.1 Å². The number of guanidine groups is 1. The van der Waals surface area contributed by atoms with Crippen LogP contribution in [-0.4, -0.2) is 28.6 Å². The molecule has 5 nitrogen and oxygen atoms in total. The number of benzene rings is 1. The van der Waals surface area contributed by atoms with Crippen LogP contribution in [0.1, 0.15) is 26.1 Å². The quantitative estimate of drug-likeness (QED) is 0.433. The van der Waals surface area contributed by atoms with Gasteiger partial charge in [0.1, 0.15) is 5.82 Å². The van der Waals surface area contributed by atoms with Crippen molar-refractivity contribution < 1.29 is 0 Å². The average molecular weight is 415 g/mol. The zero-order chi connectivity index (χ0) is 15.2. The summed E-state index contributed by atoms with van der Waals surface area (Å²) in [6, 6.07) is 8.18. The van der Waals surface area contributed by atoms with E-state index in [4.69, 9.17) is 5.73 Å².